The second-order valence-corrected chi connectivity index (χ2v) is 4.81. The van der Waals surface area contributed by atoms with Crippen molar-refractivity contribution in [2.24, 2.45) is 0 Å². The highest BCUT2D eigenvalue weighted by atomic mass is 16.6. The Hall–Kier alpha value is -1.19. The fourth-order valence-electron chi connectivity index (χ4n) is 1.43. The van der Waals surface area contributed by atoms with Gasteiger partial charge < -0.3 is 15.2 Å². The molecule has 0 radical (unpaired) electrons. The highest BCUT2D eigenvalue weighted by Gasteiger charge is 2.20. The minimum atomic E-state index is -0.462. The van der Waals surface area contributed by atoms with Crippen LogP contribution in [0.2, 0.25) is 0 Å². The number of hydrogen-bond acceptors (Lipinski definition) is 3. The molecule has 4 nitrogen and oxygen atoms in total. The number of rotatable bonds is 1. The summed E-state index contributed by atoms with van der Waals surface area (Å²) >= 11 is 0. The SMILES string of the molecule is CC(C)(C)OC(=O)NC1CC=C(O)CC1. The van der Waals surface area contributed by atoms with Crippen LogP contribution in [0.25, 0.3) is 0 Å². The van der Waals surface area contributed by atoms with E-state index in [1.165, 1.54) is 0 Å². The molecule has 1 amide bonds. The van der Waals surface area contributed by atoms with Gasteiger partial charge >= 0.3 is 6.09 Å². The van der Waals surface area contributed by atoms with Crippen LogP contribution in [0.3, 0.4) is 0 Å². The molecule has 0 aliphatic heterocycles. The Morgan fingerprint density at radius 2 is 2.27 bits per heavy atom. The standard InChI is InChI=1S/C11H19NO3/c1-11(2,3)15-10(14)12-8-4-6-9(13)7-5-8/h6,8,13H,4-5,7H2,1-3H3,(H,12,14). The predicted molar refractivity (Wildman–Crippen MR) is 57.7 cm³/mol. The predicted octanol–water partition coefficient (Wildman–Crippen LogP) is 2.51. The molecule has 1 aliphatic rings. The number of allylic oxidation sites excluding steroid dienone is 1. The average Bonchev–Trinajstić information content (AvgIpc) is 2.05. The van der Waals surface area contributed by atoms with Gasteiger partial charge in [-0.3, -0.25) is 0 Å². The van der Waals surface area contributed by atoms with Crippen LogP contribution in [0, 0.1) is 0 Å². The quantitative estimate of drug-likeness (QED) is 0.703. The summed E-state index contributed by atoms with van der Waals surface area (Å²) in [6, 6.07) is 0.0794. The Morgan fingerprint density at radius 1 is 1.60 bits per heavy atom. The maximum Gasteiger partial charge on any atom is 0.407 e. The van der Waals surface area contributed by atoms with E-state index < -0.39 is 5.60 Å². The third-order valence-corrected chi connectivity index (χ3v) is 2.11. The van der Waals surface area contributed by atoms with E-state index in [9.17, 15) is 4.79 Å². The van der Waals surface area contributed by atoms with Crippen LogP contribution < -0.4 is 5.32 Å². The zero-order valence-corrected chi connectivity index (χ0v) is 9.54. The van der Waals surface area contributed by atoms with Gasteiger partial charge in [-0.15, -0.1) is 0 Å². The van der Waals surface area contributed by atoms with Gasteiger partial charge in [0.05, 0.1) is 5.76 Å². The van der Waals surface area contributed by atoms with Gasteiger partial charge in [-0.2, -0.15) is 0 Å². The number of aliphatic hydroxyl groups is 1. The molecular weight excluding hydrogens is 194 g/mol. The Morgan fingerprint density at radius 3 is 2.73 bits per heavy atom. The molecule has 1 aliphatic carbocycles. The van der Waals surface area contributed by atoms with Crippen molar-refractivity contribution >= 4 is 6.09 Å². The van der Waals surface area contributed by atoms with Gasteiger partial charge in [-0.25, -0.2) is 4.79 Å². The normalized spacial score (nSPS) is 21.8. The molecule has 15 heavy (non-hydrogen) atoms. The zero-order valence-electron chi connectivity index (χ0n) is 9.54. The van der Waals surface area contributed by atoms with Crippen LogP contribution in [0.1, 0.15) is 40.0 Å². The lowest BCUT2D eigenvalue weighted by molar-refractivity contribution is 0.0499. The molecule has 4 heteroatoms. The lowest BCUT2D eigenvalue weighted by Gasteiger charge is -2.24. The van der Waals surface area contributed by atoms with Crippen molar-refractivity contribution in [2.45, 2.75) is 51.7 Å². The number of amides is 1. The number of carbonyl (C=O) groups excluding carboxylic acids is 1. The van der Waals surface area contributed by atoms with E-state index >= 15 is 0 Å². The number of aliphatic hydroxyl groups excluding tert-OH is 1. The van der Waals surface area contributed by atoms with Crippen LogP contribution in [-0.2, 0) is 4.74 Å². The largest absolute Gasteiger partial charge is 0.513 e. The maximum absolute atomic E-state index is 11.4. The smallest absolute Gasteiger partial charge is 0.407 e. The summed E-state index contributed by atoms with van der Waals surface area (Å²) in [4.78, 5) is 11.4. The minimum absolute atomic E-state index is 0.0794. The molecule has 1 rings (SSSR count). The van der Waals surface area contributed by atoms with Crippen molar-refractivity contribution in [3.05, 3.63) is 11.8 Å². The summed E-state index contributed by atoms with van der Waals surface area (Å²) in [6.07, 6.45) is 3.42. The third kappa shape index (κ3) is 4.72. The van der Waals surface area contributed by atoms with Crippen molar-refractivity contribution < 1.29 is 14.6 Å². The number of carbonyl (C=O) groups is 1. The molecule has 0 fully saturated rings. The van der Waals surface area contributed by atoms with Crippen LogP contribution in [0.5, 0.6) is 0 Å². The van der Waals surface area contributed by atoms with E-state index in [-0.39, 0.29) is 12.1 Å². The molecule has 0 saturated carbocycles. The van der Waals surface area contributed by atoms with Crippen LogP contribution in [0.4, 0.5) is 4.79 Å². The molecule has 0 spiro atoms. The molecule has 2 N–H and O–H groups in total. The Balaban J connectivity index is 2.33. The molecule has 1 unspecified atom stereocenters. The average molecular weight is 213 g/mol. The van der Waals surface area contributed by atoms with E-state index in [2.05, 4.69) is 5.32 Å². The molecule has 86 valence electrons. The highest BCUT2D eigenvalue weighted by molar-refractivity contribution is 5.68. The van der Waals surface area contributed by atoms with Crippen LogP contribution >= 0.6 is 0 Å². The molecule has 0 aromatic rings. The van der Waals surface area contributed by atoms with E-state index in [0.29, 0.717) is 18.6 Å². The number of hydrogen-bond donors (Lipinski definition) is 2. The Kier molecular flexibility index (Phi) is 3.61. The van der Waals surface area contributed by atoms with E-state index in [1.54, 1.807) is 6.08 Å². The first-order valence-corrected chi connectivity index (χ1v) is 5.24. The van der Waals surface area contributed by atoms with Crippen molar-refractivity contribution in [1.29, 1.82) is 0 Å². The van der Waals surface area contributed by atoms with E-state index in [1.807, 2.05) is 20.8 Å². The fourth-order valence-corrected chi connectivity index (χ4v) is 1.43. The molecule has 0 saturated heterocycles. The summed E-state index contributed by atoms with van der Waals surface area (Å²) in [7, 11) is 0. The van der Waals surface area contributed by atoms with Crippen LogP contribution in [0.15, 0.2) is 11.8 Å². The van der Waals surface area contributed by atoms with Crippen molar-refractivity contribution in [1.82, 2.24) is 5.32 Å². The van der Waals surface area contributed by atoms with Crippen molar-refractivity contribution in [3.63, 3.8) is 0 Å². The Bertz CT molecular complexity index is 265. The summed E-state index contributed by atoms with van der Waals surface area (Å²) in [5.41, 5.74) is -0.462. The molecule has 0 heterocycles. The second kappa shape index (κ2) is 4.55. The summed E-state index contributed by atoms with van der Waals surface area (Å²) in [6.45, 7) is 5.50. The lowest BCUT2D eigenvalue weighted by Crippen LogP contribution is -2.39. The summed E-state index contributed by atoms with van der Waals surface area (Å²) in [5, 5.41) is 11.9. The highest BCUT2D eigenvalue weighted by Crippen LogP contribution is 2.16. The Labute approximate surface area is 90.3 Å². The first kappa shape index (κ1) is 11.9. The molecule has 0 bridgehead atoms. The monoisotopic (exact) mass is 213 g/mol. The molecular formula is C11H19NO3. The van der Waals surface area contributed by atoms with Gasteiger partial charge in [-0.05, 0) is 39.7 Å². The molecule has 1 atom stereocenters. The van der Waals surface area contributed by atoms with E-state index in [4.69, 9.17) is 9.84 Å². The van der Waals surface area contributed by atoms with Gasteiger partial charge in [0, 0.05) is 12.5 Å². The number of ether oxygens (including phenoxy) is 1. The van der Waals surface area contributed by atoms with Gasteiger partial charge in [0.1, 0.15) is 5.60 Å². The van der Waals surface area contributed by atoms with Gasteiger partial charge in [0.15, 0.2) is 0 Å². The summed E-state index contributed by atoms with van der Waals surface area (Å²) in [5.74, 6) is 0.414. The molecule has 0 aromatic carbocycles. The minimum Gasteiger partial charge on any atom is -0.513 e. The third-order valence-electron chi connectivity index (χ3n) is 2.11. The zero-order chi connectivity index (χ0) is 11.5. The van der Waals surface area contributed by atoms with Crippen LogP contribution in [-0.4, -0.2) is 22.8 Å². The number of alkyl carbamates (subject to hydrolysis) is 1. The number of nitrogens with one attached hydrogen (secondary N) is 1. The first-order chi connectivity index (χ1) is 6.87. The van der Waals surface area contributed by atoms with Gasteiger partial charge in [-0.1, -0.05) is 0 Å². The summed E-state index contributed by atoms with van der Waals surface area (Å²) < 4.78 is 5.13. The molecule has 0 aromatic heterocycles. The van der Waals surface area contributed by atoms with E-state index in [0.717, 1.165) is 6.42 Å². The van der Waals surface area contributed by atoms with Crippen molar-refractivity contribution in [2.75, 3.05) is 0 Å². The van der Waals surface area contributed by atoms with Crippen molar-refractivity contribution in [3.8, 4) is 0 Å². The topological polar surface area (TPSA) is 58.6 Å². The lowest BCUT2D eigenvalue weighted by atomic mass is 10.0. The second-order valence-electron chi connectivity index (χ2n) is 4.81. The first-order valence-electron chi connectivity index (χ1n) is 5.24. The van der Waals surface area contributed by atoms with Gasteiger partial charge in [0.2, 0.25) is 0 Å². The maximum atomic E-state index is 11.4. The fraction of sp³-hybridized carbons (Fsp3) is 0.727. The van der Waals surface area contributed by atoms with Gasteiger partial charge in [0.25, 0.3) is 0 Å².